The Labute approximate surface area is 165 Å². The number of aromatic amines is 1. The highest BCUT2D eigenvalue weighted by molar-refractivity contribution is 6.36. The molecule has 2 aromatic heterocycles. The first-order valence-electron chi connectivity index (χ1n) is 8.31. The van der Waals surface area contributed by atoms with Crippen molar-refractivity contribution in [3.63, 3.8) is 0 Å². The SMILES string of the molecule is O=C(NCCCn1cccn1)c1cnc(Cc2c(Cl)cccc2Cl)[nH]c1=O. The minimum atomic E-state index is -0.507. The standard InChI is InChI=1S/C18H17Cl2N5O2/c19-14-4-1-5-15(20)12(14)10-16-22-11-13(18(27)24-16)17(26)21-6-2-8-25-9-3-7-23-25/h1,3-5,7,9,11H,2,6,8,10H2,(H,21,26)(H,22,24,27). The molecule has 0 aliphatic heterocycles. The van der Waals surface area contributed by atoms with Gasteiger partial charge >= 0.3 is 0 Å². The number of carbonyl (C=O) groups is 1. The largest absolute Gasteiger partial charge is 0.352 e. The van der Waals surface area contributed by atoms with Crippen LogP contribution in [0.4, 0.5) is 0 Å². The molecule has 0 atom stereocenters. The summed E-state index contributed by atoms with van der Waals surface area (Å²) in [5.74, 6) is -0.0863. The zero-order chi connectivity index (χ0) is 19.2. The Hall–Kier alpha value is -2.64. The molecule has 0 saturated carbocycles. The van der Waals surface area contributed by atoms with Crippen LogP contribution in [0.3, 0.4) is 0 Å². The number of nitrogens with zero attached hydrogens (tertiary/aromatic N) is 3. The van der Waals surface area contributed by atoms with Gasteiger partial charge in [-0.25, -0.2) is 4.98 Å². The van der Waals surface area contributed by atoms with Gasteiger partial charge in [0.05, 0.1) is 0 Å². The number of carbonyl (C=O) groups excluding carboxylic acids is 1. The molecule has 3 aromatic rings. The predicted octanol–water partition coefficient (Wildman–Crippen LogP) is 2.68. The van der Waals surface area contributed by atoms with Crippen LogP contribution in [0, 0.1) is 0 Å². The van der Waals surface area contributed by atoms with Crippen molar-refractivity contribution in [2.24, 2.45) is 0 Å². The van der Waals surface area contributed by atoms with Crippen LogP contribution in [0.15, 0.2) is 47.7 Å². The van der Waals surface area contributed by atoms with Crippen molar-refractivity contribution < 1.29 is 4.79 Å². The van der Waals surface area contributed by atoms with E-state index >= 15 is 0 Å². The number of hydrogen-bond acceptors (Lipinski definition) is 4. The molecule has 7 nitrogen and oxygen atoms in total. The first-order valence-corrected chi connectivity index (χ1v) is 9.07. The van der Waals surface area contributed by atoms with Gasteiger partial charge in [-0.3, -0.25) is 14.3 Å². The third-order valence-electron chi connectivity index (χ3n) is 3.91. The molecule has 0 aliphatic rings. The molecule has 0 unspecified atom stereocenters. The van der Waals surface area contributed by atoms with Gasteiger partial charge in [-0.15, -0.1) is 0 Å². The van der Waals surface area contributed by atoms with Crippen molar-refractivity contribution >= 4 is 29.1 Å². The average Bonchev–Trinajstić information content (AvgIpc) is 3.15. The zero-order valence-electron chi connectivity index (χ0n) is 14.3. The van der Waals surface area contributed by atoms with E-state index in [1.165, 1.54) is 6.20 Å². The van der Waals surface area contributed by atoms with E-state index in [1.54, 1.807) is 29.1 Å². The van der Waals surface area contributed by atoms with Crippen molar-refractivity contribution in [3.05, 3.63) is 80.2 Å². The lowest BCUT2D eigenvalue weighted by Gasteiger charge is -2.08. The van der Waals surface area contributed by atoms with Gasteiger partial charge < -0.3 is 10.3 Å². The fraction of sp³-hybridized carbons (Fsp3) is 0.222. The topological polar surface area (TPSA) is 92.7 Å². The molecule has 2 N–H and O–H groups in total. The van der Waals surface area contributed by atoms with Crippen molar-refractivity contribution in [1.29, 1.82) is 0 Å². The smallest absolute Gasteiger partial charge is 0.263 e. The normalized spacial score (nSPS) is 10.7. The van der Waals surface area contributed by atoms with Crippen LogP contribution >= 0.6 is 23.2 Å². The number of halogens is 2. The number of rotatable bonds is 7. The molecule has 0 radical (unpaired) electrons. The summed E-state index contributed by atoms with van der Waals surface area (Å²) in [5.41, 5.74) is 0.121. The van der Waals surface area contributed by atoms with Crippen LogP contribution in [0.2, 0.25) is 10.0 Å². The fourth-order valence-corrected chi connectivity index (χ4v) is 3.05. The van der Waals surface area contributed by atoms with E-state index in [1.807, 2.05) is 12.3 Å². The summed E-state index contributed by atoms with van der Waals surface area (Å²) in [5, 5.41) is 7.77. The molecular weight excluding hydrogens is 389 g/mol. The first-order chi connectivity index (χ1) is 13.0. The van der Waals surface area contributed by atoms with E-state index in [9.17, 15) is 9.59 Å². The molecule has 0 bridgehead atoms. The summed E-state index contributed by atoms with van der Waals surface area (Å²) in [6.07, 6.45) is 5.77. The minimum Gasteiger partial charge on any atom is -0.352 e. The molecule has 9 heteroatoms. The van der Waals surface area contributed by atoms with Crippen LogP contribution in [0.5, 0.6) is 0 Å². The Morgan fingerprint density at radius 1 is 1.22 bits per heavy atom. The number of benzene rings is 1. The Kier molecular flexibility index (Phi) is 6.26. The molecule has 0 fully saturated rings. The van der Waals surface area contributed by atoms with Crippen LogP contribution in [0.25, 0.3) is 0 Å². The van der Waals surface area contributed by atoms with Crippen LogP contribution < -0.4 is 10.9 Å². The Bertz CT molecular complexity index is 965. The Morgan fingerprint density at radius 3 is 2.67 bits per heavy atom. The third kappa shape index (κ3) is 4.96. The van der Waals surface area contributed by atoms with Gasteiger partial charge in [0.1, 0.15) is 11.4 Å². The second-order valence-electron chi connectivity index (χ2n) is 5.83. The Balaban J connectivity index is 1.60. The van der Waals surface area contributed by atoms with Crippen molar-refractivity contribution in [3.8, 4) is 0 Å². The molecule has 140 valence electrons. The maximum atomic E-state index is 12.2. The molecular formula is C18H17Cl2N5O2. The zero-order valence-corrected chi connectivity index (χ0v) is 15.8. The number of H-pyrrole nitrogens is 1. The number of aryl methyl sites for hydroxylation is 1. The van der Waals surface area contributed by atoms with Gasteiger partial charge in [0.15, 0.2) is 0 Å². The molecule has 1 aromatic carbocycles. The van der Waals surface area contributed by atoms with E-state index in [2.05, 4.69) is 20.4 Å². The van der Waals surface area contributed by atoms with Crippen LogP contribution in [-0.2, 0) is 13.0 Å². The number of nitrogens with one attached hydrogen (secondary N) is 2. The van der Waals surface area contributed by atoms with Gasteiger partial charge in [-0.05, 0) is 30.2 Å². The van der Waals surface area contributed by atoms with E-state index in [0.717, 1.165) is 0 Å². The third-order valence-corrected chi connectivity index (χ3v) is 4.62. The molecule has 0 aliphatic carbocycles. The summed E-state index contributed by atoms with van der Waals surface area (Å²) >= 11 is 12.3. The van der Waals surface area contributed by atoms with Gasteiger partial charge in [0.25, 0.3) is 11.5 Å². The van der Waals surface area contributed by atoms with Gasteiger partial charge in [-0.1, -0.05) is 29.3 Å². The number of amides is 1. The molecule has 1 amide bonds. The lowest BCUT2D eigenvalue weighted by atomic mass is 10.1. The predicted molar refractivity (Wildman–Crippen MR) is 103 cm³/mol. The first kappa shape index (κ1) is 19.1. The highest BCUT2D eigenvalue weighted by atomic mass is 35.5. The fourth-order valence-electron chi connectivity index (χ4n) is 2.52. The molecule has 0 saturated heterocycles. The maximum Gasteiger partial charge on any atom is 0.263 e. The maximum absolute atomic E-state index is 12.2. The van der Waals surface area contributed by atoms with Crippen molar-refractivity contribution in [1.82, 2.24) is 25.1 Å². The molecule has 2 heterocycles. The monoisotopic (exact) mass is 405 g/mol. The van der Waals surface area contributed by atoms with E-state index in [0.29, 0.717) is 40.9 Å². The Morgan fingerprint density at radius 2 is 2.00 bits per heavy atom. The van der Waals surface area contributed by atoms with Gasteiger partial charge in [0.2, 0.25) is 0 Å². The summed E-state index contributed by atoms with van der Waals surface area (Å²) < 4.78 is 1.77. The molecule has 27 heavy (non-hydrogen) atoms. The second-order valence-corrected chi connectivity index (χ2v) is 6.64. The highest BCUT2D eigenvalue weighted by Crippen LogP contribution is 2.25. The van der Waals surface area contributed by atoms with E-state index < -0.39 is 11.5 Å². The molecule has 3 rings (SSSR count). The number of hydrogen-bond donors (Lipinski definition) is 2. The average molecular weight is 406 g/mol. The molecule has 0 spiro atoms. The van der Waals surface area contributed by atoms with E-state index in [4.69, 9.17) is 23.2 Å². The summed E-state index contributed by atoms with van der Waals surface area (Å²) in [6, 6.07) is 7.00. The highest BCUT2D eigenvalue weighted by Gasteiger charge is 2.13. The van der Waals surface area contributed by atoms with Crippen LogP contribution in [-0.4, -0.2) is 32.2 Å². The van der Waals surface area contributed by atoms with Gasteiger partial charge in [-0.2, -0.15) is 5.10 Å². The van der Waals surface area contributed by atoms with Gasteiger partial charge in [0, 0.05) is 48.1 Å². The summed E-state index contributed by atoms with van der Waals surface area (Å²) in [7, 11) is 0. The quantitative estimate of drug-likeness (QED) is 0.590. The summed E-state index contributed by atoms with van der Waals surface area (Å²) in [6.45, 7) is 1.11. The van der Waals surface area contributed by atoms with Crippen LogP contribution in [0.1, 0.15) is 28.2 Å². The lowest BCUT2D eigenvalue weighted by molar-refractivity contribution is 0.0950. The minimum absolute atomic E-state index is 0.0388. The lowest BCUT2D eigenvalue weighted by Crippen LogP contribution is -2.31. The number of aromatic nitrogens is 4. The van der Waals surface area contributed by atoms with Crippen molar-refractivity contribution in [2.45, 2.75) is 19.4 Å². The van der Waals surface area contributed by atoms with Crippen molar-refractivity contribution in [2.75, 3.05) is 6.54 Å². The second kappa shape index (κ2) is 8.83. The van der Waals surface area contributed by atoms with E-state index in [-0.39, 0.29) is 12.0 Å². The summed E-state index contributed by atoms with van der Waals surface area (Å²) in [4.78, 5) is 31.2.